The average Bonchev–Trinajstić information content (AvgIpc) is 1.81. The van der Waals surface area contributed by atoms with Crippen molar-refractivity contribution in [1.82, 2.24) is 0 Å². The van der Waals surface area contributed by atoms with Crippen molar-refractivity contribution in [1.29, 1.82) is 0 Å². The summed E-state index contributed by atoms with van der Waals surface area (Å²) in [4.78, 5) is 3.85. The molecular formula is C6H13NS. The van der Waals surface area contributed by atoms with Gasteiger partial charge in [-0.05, 0) is 12.2 Å². The van der Waals surface area contributed by atoms with E-state index in [1.165, 1.54) is 18.6 Å². The van der Waals surface area contributed by atoms with Crippen molar-refractivity contribution in [2.75, 3.05) is 12.8 Å². The van der Waals surface area contributed by atoms with Gasteiger partial charge in [-0.25, -0.2) is 0 Å². The zero-order valence-corrected chi connectivity index (χ0v) is 6.37. The van der Waals surface area contributed by atoms with Gasteiger partial charge in [0.25, 0.3) is 0 Å². The molecule has 0 radical (unpaired) electrons. The summed E-state index contributed by atoms with van der Waals surface area (Å²) in [6.07, 6.45) is 2.58. The number of hydrogen-bond acceptors (Lipinski definition) is 2. The van der Waals surface area contributed by atoms with Gasteiger partial charge in [0.1, 0.15) is 0 Å². The Morgan fingerprint density at radius 3 is 2.88 bits per heavy atom. The zero-order valence-electron chi connectivity index (χ0n) is 5.55. The Kier molecular flexibility index (Phi) is 7.04. The Balaban J connectivity index is 2.72. The number of hydrogen-bond donors (Lipinski definition) is 0. The highest BCUT2D eigenvalue weighted by molar-refractivity contribution is 8.12. The molecule has 0 rings (SSSR count). The SMILES string of the molecule is CCCCSC=NC. The molecule has 0 heterocycles. The van der Waals surface area contributed by atoms with E-state index >= 15 is 0 Å². The summed E-state index contributed by atoms with van der Waals surface area (Å²) in [5.74, 6) is 1.22. The Morgan fingerprint density at radius 2 is 2.38 bits per heavy atom. The van der Waals surface area contributed by atoms with Crippen LogP contribution in [0.2, 0.25) is 0 Å². The van der Waals surface area contributed by atoms with Crippen LogP contribution < -0.4 is 0 Å². The van der Waals surface area contributed by atoms with Gasteiger partial charge in [-0.15, -0.1) is 11.8 Å². The molecule has 0 aliphatic rings. The molecule has 0 aliphatic carbocycles. The van der Waals surface area contributed by atoms with Gasteiger partial charge in [-0.1, -0.05) is 13.3 Å². The minimum absolute atomic E-state index is 1.22. The first-order valence-corrected chi connectivity index (χ1v) is 3.99. The molecule has 0 spiro atoms. The molecule has 0 unspecified atom stereocenters. The van der Waals surface area contributed by atoms with Crippen LogP contribution in [0.3, 0.4) is 0 Å². The Bertz CT molecular complexity index is 61.5. The van der Waals surface area contributed by atoms with Crippen molar-refractivity contribution in [3.8, 4) is 0 Å². The van der Waals surface area contributed by atoms with Gasteiger partial charge in [-0.2, -0.15) is 0 Å². The lowest BCUT2D eigenvalue weighted by Gasteiger charge is -1.88. The minimum Gasteiger partial charge on any atom is -0.290 e. The third-order valence-electron chi connectivity index (χ3n) is 0.796. The third-order valence-corrected chi connectivity index (χ3v) is 1.68. The highest BCUT2D eigenvalue weighted by Gasteiger charge is 1.79. The lowest BCUT2D eigenvalue weighted by atomic mass is 10.4. The summed E-state index contributed by atoms with van der Waals surface area (Å²) in [5.41, 5.74) is 1.90. The van der Waals surface area contributed by atoms with Crippen molar-refractivity contribution < 1.29 is 0 Å². The topological polar surface area (TPSA) is 12.4 Å². The number of thioether (sulfide) groups is 1. The summed E-state index contributed by atoms with van der Waals surface area (Å²) in [7, 11) is 1.80. The fourth-order valence-electron chi connectivity index (χ4n) is 0.355. The first kappa shape index (κ1) is 8.02. The van der Waals surface area contributed by atoms with Crippen molar-refractivity contribution >= 4 is 17.3 Å². The lowest BCUT2D eigenvalue weighted by Crippen LogP contribution is -1.75. The molecule has 0 saturated carbocycles. The molecule has 0 amide bonds. The van der Waals surface area contributed by atoms with E-state index in [9.17, 15) is 0 Å². The molecule has 0 aromatic heterocycles. The molecule has 2 heteroatoms. The van der Waals surface area contributed by atoms with Gasteiger partial charge >= 0.3 is 0 Å². The molecule has 48 valence electrons. The van der Waals surface area contributed by atoms with E-state index in [2.05, 4.69) is 11.9 Å². The molecule has 8 heavy (non-hydrogen) atoms. The highest BCUT2D eigenvalue weighted by Crippen LogP contribution is 1.98. The summed E-state index contributed by atoms with van der Waals surface area (Å²) < 4.78 is 0. The maximum Gasteiger partial charge on any atom is 0.0537 e. The van der Waals surface area contributed by atoms with Crippen LogP contribution in [0.5, 0.6) is 0 Å². The molecule has 0 fully saturated rings. The second-order valence-electron chi connectivity index (χ2n) is 1.59. The van der Waals surface area contributed by atoms with E-state index in [1.807, 2.05) is 5.55 Å². The largest absolute Gasteiger partial charge is 0.290 e. The maximum absolute atomic E-state index is 3.85. The lowest BCUT2D eigenvalue weighted by molar-refractivity contribution is 0.898. The van der Waals surface area contributed by atoms with E-state index in [-0.39, 0.29) is 0 Å². The van der Waals surface area contributed by atoms with Gasteiger partial charge in [0.2, 0.25) is 0 Å². The Morgan fingerprint density at radius 1 is 1.62 bits per heavy atom. The number of nitrogens with zero attached hydrogens (tertiary/aromatic N) is 1. The summed E-state index contributed by atoms with van der Waals surface area (Å²) >= 11 is 1.79. The van der Waals surface area contributed by atoms with E-state index in [0.29, 0.717) is 0 Å². The maximum atomic E-state index is 3.85. The quantitative estimate of drug-likeness (QED) is 0.323. The minimum atomic E-state index is 1.22. The summed E-state index contributed by atoms with van der Waals surface area (Å²) in [6.45, 7) is 2.20. The molecule has 0 aromatic rings. The molecule has 1 nitrogen and oxygen atoms in total. The van der Waals surface area contributed by atoms with Crippen LogP contribution in [0.4, 0.5) is 0 Å². The molecule has 0 aliphatic heterocycles. The number of aliphatic imine (C=N–C) groups is 1. The van der Waals surface area contributed by atoms with Gasteiger partial charge in [0.05, 0.1) is 5.55 Å². The Hall–Kier alpha value is 0.0200. The van der Waals surface area contributed by atoms with Gasteiger partial charge in [0.15, 0.2) is 0 Å². The number of unbranched alkanes of at least 4 members (excludes halogenated alkanes) is 1. The average molecular weight is 131 g/mol. The summed E-state index contributed by atoms with van der Waals surface area (Å²) in [6, 6.07) is 0. The predicted molar refractivity (Wildman–Crippen MR) is 41.8 cm³/mol. The zero-order chi connectivity index (χ0) is 6.24. The smallest absolute Gasteiger partial charge is 0.0537 e. The molecule has 0 N–H and O–H groups in total. The predicted octanol–water partition coefficient (Wildman–Crippen LogP) is 2.18. The second-order valence-corrected chi connectivity index (χ2v) is 2.54. The van der Waals surface area contributed by atoms with E-state index in [1.54, 1.807) is 18.8 Å². The van der Waals surface area contributed by atoms with Crippen LogP contribution in [-0.2, 0) is 0 Å². The molecule has 0 bridgehead atoms. The van der Waals surface area contributed by atoms with Crippen LogP contribution in [-0.4, -0.2) is 18.3 Å². The normalized spacial score (nSPS) is 10.8. The highest BCUT2D eigenvalue weighted by atomic mass is 32.2. The van der Waals surface area contributed by atoms with E-state index < -0.39 is 0 Å². The van der Waals surface area contributed by atoms with E-state index in [4.69, 9.17) is 0 Å². The van der Waals surface area contributed by atoms with Gasteiger partial charge in [-0.3, -0.25) is 4.99 Å². The standard InChI is InChI=1S/C6H13NS/c1-3-4-5-8-6-7-2/h6H,3-5H2,1-2H3. The van der Waals surface area contributed by atoms with Crippen molar-refractivity contribution in [2.45, 2.75) is 19.8 Å². The van der Waals surface area contributed by atoms with Crippen LogP contribution in [0.25, 0.3) is 0 Å². The van der Waals surface area contributed by atoms with Gasteiger partial charge in [0, 0.05) is 7.05 Å². The monoisotopic (exact) mass is 131 g/mol. The summed E-state index contributed by atoms with van der Waals surface area (Å²) in [5, 5.41) is 0. The molecule has 0 atom stereocenters. The Labute approximate surface area is 55.6 Å². The third kappa shape index (κ3) is 6.02. The molecule has 0 saturated heterocycles. The number of rotatable bonds is 4. The fraction of sp³-hybridized carbons (Fsp3) is 0.833. The van der Waals surface area contributed by atoms with Gasteiger partial charge < -0.3 is 0 Å². The van der Waals surface area contributed by atoms with Crippen molar-refractivity contribution in [2.24, 2.45) is 4.99 Å². The van der Waals surface area contributed by atoms with Crippen molar-refractivity contribution in [3.05, 3.63) is 0 Å². The molecular weight excluding hydrogens is 118 g/mol. The van der Waals surface area contributed by atoms with Crippen LogP contribution >= 0.6 is 11.8 Å². The van der Waals surface area contributed by atoms with Crippen LogP contribution in [0, 0.1) is 0 Å². The second kappa shape index (κ2) is 7.02. The van der Waals surface area contributed by atoms with Crippen LogP contribution in [0.1, 0.15) is 19.8 Å². The van der Waals surface area contributed by atoms with Crippen LogP contribution in [0.15, 0.2) is 4.99 Å². The first-order valence-electron chi connectivity index (χ1n) is 2.94. The first-order chi connectivity index (χ1) is 3.91. The van der Waals surface area contributed by atoms with E-state index in [0.717, 1.165) is 0 Å². The van der Waals surface area contributed by atoms with Crippen molar-refractivity contribution in [3.63, 3.8) is 0 Å². The fourth-order valence-corrected chi connectivity index (χ4v) is 1.06. The molecule has 0 aromatic carbocycles.